The third-order valence-corrected chi connectivity index (χ3v) is 4.11. The number of halogens is 1. The van der Waals surface area contributed by atoms with E-state index in [1.54, 1.807) is 24.3 Å². The molecule has 0 aliphatic heterocycles. The normalized spacial score (nSPS) is 11.1. The van der Waals surface area contributed by atoms with Gasteiger partial charge >= 0.3 is 5.97 Å². The summed E-state index contributed by atoms with van der Waals surface area (Å²) in [6, 6.07) is 10.7. The molecule has 0 heterocycles. The number of nitrogens with one attached hydrogen (secondary N) is 1. The molecule has 21 heavy (non-hydrogen) atoms. The highest BCUT2D eigenvalue weighted by atomic mass is 79.9. The van der Waals surface area contributed by atoms with Gasteiger partial charge in [0, 0.05) is 10.2 Å². The Labute approximate surface area is 129 Å². The number of carboxylic acids is 1. The van der Waals surface area contributed by atoms with Crippen molar-refractivity contribution in [2.75, 3.05) is 5.32 Å². The summed E-state index contributed by atoms with van der Waals surface area (Å²) in [5.41, 5.74) is 0.769. The lowest BCUT2D eigenvalue weighted by molar-refractivity contribution is 0.0697. The molecule has 0 radical (unpaired) electrons. The van der Waals surface area contributed by atoms with E-state index < -0.39 is 16.0 Å². The lowest BCUT2D eigenvalue weighted by Gasteiger charge is -2.11. The van der Waals surface area contributed by atoms with Crippen LogP contribution in [0, 0.1) is 0 Å². The smallest absolute Gasteiger partial charge is 0.337 e. The van der Waals surface area contributed by atoms with Gasteiger partial charge in [-0.25, -0.2) is 18.4 Å². The zero-order valence-corrected chi connectivity index (χ0v) is 13.0. The lowest BCUT2D eigenvalue weighted by atomic mass is 10.1. The van der Waals surface area contributed by atoms with E-state index in [1.807, 2.05) is 0 Å². The van der Waals surface area contributed by atoms with E-state index in [1.165, 1.54) is 12.1 Å². The highest BCUT2D eigenvalue weighted by molar-refractivity contribution is 9.10. The molecule has 0 saturated carbocycles. The number of nitrogens with two attached hydrogens (primary N) is 1. The van der Waals surface area contributed by atoms with Crippen molar-refractivity contribution in [1.29, 1.82) is 0 Å². The highest BCUT2D eigenvalue weighted by Crippen LogP contribution is 2.24. The van der Waals surface area contributed by atoms with Crippen molar-refractivity contribution in [1.82, 2.24) is 0 Å². The first kappa shape index (κ1) is 15.5. The number of primary sulfonamides is 1. The summed E-state index contributed by atoms with van der Waals surface area (Å²) in [6.07, 6.45) is 0. The molecule has 0 aliphatic carbocycles. The Bertz CT molecular complexity index is 788. The van der Waals surface area contributed by atoms with E-state index in [4.69, 9.17) is 5.14 Å². The van der Waals surface area contributed by atoms with Gasteiger partial charge in [0.1, 0.15) is 0 Å². The number of hydrogen-bond acceptors (Lipinski definition) is 4. The monoisotopic (exact) mass is 370 g/mol. The predicted molar refractivity (Wildman–Crippen MR) is 82.2 cm³/mol. The minimum Gasteiger partial charge on any atom is -0.478 e. The fraction of sp³-hybridized carbons (Fsp3) is 0. The van der Waals surface area contributed by atoms with Crippen LogP contribution in [0.15, 0.2) is 51.8 Å². The number of aromatic carboxylic acids is 1. The molecule has 2 aromatic carbocycles. The second-order valence-corrected chi connectivity index (χ2v) is 6.67. The first-order valence-corrected chi connectivity index (χ1v) is 8.04. The molecular formula is C13H11BrN2O4S. The minimum atomic E-state index is -3.95. The minimum absolute atomic E-state index is 0.176. The van der Waals surface area contributed by atoms with Crippen molar-refractivity contribution < 1.29 is 18.3 Å². The Kier molecular flexibility index (Phi) is 4.31. The summed E-state index contributed by atoms with van der Waals surface area (Å²) in [5, 5.41) is 17.1. The quantitative estimate of drug-likeness (QED) is 0.765. The van der Waals surface area contributed by atoms with E-state index >= 15 is 0 Å². The fourth-order valence-corrected chi connectivity index (χ4v) is 2.48. The van der Waals surface area contributed by atoms with Gasteiger partial charge in [0.25, 0.3) is 0 Å². The number of rotatable bonds is 4. The molecule has 8 heteroatoms. The van der Waals surface area contributed by atoms with Crippen LogP contribution >= 0.6 is 15.9 Å². The summed E-state index contributed by atoms with van der Waals surface area (Å²) in [5.74, 6) is -1.25. The largest absolute Gasteiger partial charge is 0.478 e. The third-order valence-electron chi connectivity index (χ3n) is 2.67. The molecule has 0 amide bonds. The van der Waals surface area contributed by atoms with Crippen molar-refractivity contribution in [2.45, 2.75) is 4.90 Å². The van der Waals surface area contributed by atoms with Crippen LogP contribution in [-0.4, -0.2) is 19.5 Å². The van der Waals surface area contributed by atoms with Gasteiger partial charge in [-0.15, -0.1) is 0 Å². The Morgan fingerprint density at radius 3 is 2.29 bits per heavy atom. The van der Waals surface area contributed by atoms with Crippen molar-refractivity contribution in [3.8, 4) is 0 Å². The maximum Gasteiger partial charge on any atom is 0.337 e. The van der Waals surface area contributed by atoms with E-state index in [2.05, 4.69) is 21.2 Å². The van der Waals surface area contributed by atoms with Gasteiger partial charge in [-0.1, -0.05) is 15.9 Å². The van der Waals surface area contributed by atoms with Crippen LogP contribution < -0.4 is 10.5 Å². The van der Waals surface area contributed by atoms with E-state index in [0.29, 0.717) is 5.69 Å². The van der Waals surface area contributed by atoms with Gasteiger partial charge in [-0.2, -0.15) is 0 Å². The van der Waals surface area contributed by atoms with Crippen LogP contribution in [0.25, 0.3) is 0 Å². The van der Waals surface area contributed by atoms with Gasteiger partial charge in [0.15, 0.2) is 0 Å². The maximum absolute atomic E-state index is 11.3. The van der Waals surface area contributed by atoms with Crippen LogP contribution in [0.3, 0.4) is 0 Å². The van der Waals surface area contributed by atoms with Gasteiger partial charge in [0.05, 0.1) is 16.1 Å². The number of hydrogen-bond donors (Lipinski definition) is 3. The van der Waals surface area contributed by atoms with Crippen molar-refractivity contribution in [3.05, 3.63) is 52.5 Å². The van der Waals surface area contributed by atoms with Crippen LogP contribution in [0.2, 0.25) is 0 Å². The van der Waals surface area contributed by atoms with E-state index in [9.17, 15) is 18.3 Å². The second kappa shape index (κ2) is 5.84. The zero-order valence-electron chi connectivity index (χ0n) is 10.6. The molecule has 2 aromatic rings. The number of carboxylic acid groups (broad SMARTS) is 1. The Hall–Kier alpha value is -1.90. The average molecular weight is 371 g/mol. The third kappa shape index (κ3) is 3.81. The SMILES string of the molecule is NS(=O)(=O)c1ccc(Nc2ccc(Br)cc2)c(C(=O)O)c1. The maximum atomic E-state index is 11.3. The van der Waals surface area contributed by atoms with Crippen LogP contribution in [0.1, 0.15) is 10.4 Å². The molecule has 2 rings (SSSR count). The molecule has 6 nitrogen and oxygen atoms in total. The lowest BCUT2D eigenvalue weighted by Crippen LogP contribution is -2.13. The highest BCUT2D eigenvalue weighted by Gasteiger charge is 2.16. The molecule has 0 aromatic heterocycles. The molecule has 0 fully saturated rings. The molecule has 110 valence electrons. The van der Waals surface area contributed by atoms with Crippen molar-refractivity contribution in [2.24, 2.45) is 5.14 Å². The standard InChI is InChI=1S/C13H11BrN2O4S/c14-8-1-3-9(4-2-8)16-12-6-5-10(21(15,19)20)7-11(12)13(17)18/h1-7,16H,(H,17,18)(H2,15,19,20). The van der Waals surface area contributed by atoms with Crippen LogP contribution in [0.4, 0.5) is 11.4 Å². The first-order chi connectivity index (χ1) is 9.77. The second-order valence-electron chi connectivity index (χ2n) is 4.19. The van der Waals surface area contributed by atoms with Gasteiger partial charge < -0.3 is 10.4 Å². The van der Waals surface area contributed by atoms with Crippen LogP contribution in [0.5, 0.6) is 0 Å². The van der Waals surface area contributed by atoms with E-state index in [0.717, 1.165) is 10.5 Å². The van der Waals surface area contributed by atoms with Gasteiger partial charge in [0.2, 0.25) is 10.0 Å². The molecule has 0 aliphatic rings. The Morgan fingerprint density at radius 1 is 1.14 bits per heavy atom. The number of sulfonamides is 1. The van der Waals surface area contributed by atoms with Gasteiger partial charge in [-0.3, -0.25) is 0 Å². The van der Waals surface area contributed by atoms with Crippen LogP contribution in [-0.2, 0) is 10.0 Å². The Balaban J connectivity index is 2.44. The fourth-order valence-electron chi connectivity index (χ4n) is 1.68. The predicted octanol–water partition coefficient (Wildman–Crippen LogP) is 2.54. The molecular weight excluding hydrogens is 360 g/mol. The number of anilines is 2. The summed E-state index contributed by atoms with van der Waals surface area (Å²) < 4.78 is 23.4. The van der Waals surface area contributed by atoms with E-state index in [-0.39, 0.29) is 16.1 Å². The topological polar surface area (TPSA) is 109 Å². The molecule has 0 atom stereocenters. The molecule has 0 spiro atoms. The molecule has 0 saturated heterocycles. The number of carbonyl (C=O) groups is 1. The Morgan fingerprint density at radius 2 is 1.76 bits per heavy atom. The van der Waals surface area contributed by atoms with Gasteiger partial charge in [-0.05, 0) is 42.5 Å². The number of benzene rings is 2. The van der Waals surface area contributed by atoms with Crippen molar-refractivity contribution >= 4 is 43.3 Å². The molecule has 0 bridgehead atoms. The molecule has 4 N–H and O–H groups in total. The molecule has 0 unspecified atom stereocenters. The zero-order chi connectivity index (χ0) is 15.6. The summed E-state index contributed by atoms with van der Waals surface area (Å²) >= 11 is 3.30. The summed E-state index contributed by atoms with van der Waals surface area (Å²) in [6.45, 7) is 0. The summed E-state index contributed by atoms with van der Waals surface area (Å²) in [7, 11) is -3.95. The summed E-state index contributed by atoms with van der Waals surface area (Å²) in [4.78, 5) is 11.0. The first-order valence-electron chi connectivity index (χ1n) is 5.70. The average Bonchev–Trinajstić information content (AvgIpc) is 2.40. The van der Waals surface area contributed by atoms with Crippen molar-refractivity contribution in [3.63, 3.8) is 0 Å².